The van der Waals surface area contributed by atoms with Crippen LogP contribution in [0.3, 0.4) is 0 Å². The quantitative estimate of drug-likeness (QED) is 0.893. The molecule has 0 aromatic heterocycles. The third-order valence-electron chi connectivity index (χ3n) is 3.80. The minimum atomic E-state index is 0.370. The molecule has 2 rings (SSSR count). The summed E-state index contributed by atoms with van der Waals surface area (Å²) >= 11 is 3.45. The van der Waals surface area contributed by atoms with E-state index in [1.165, 1.54) is 12.0 Å². The maximum atomic E-state index is 6.03. The van der Waals surface area contributed by atoms with Gasteiger partial charge >= 0.3 is 0 Å². The van der Waals surface area contributed by atoms with E-state index < -0.39 is 0 Å². The second-order valence-corrected chi connectivity index (χ2v) is 6.03. The SMILES string of the molecule is CC1(C)[C@H](N)[C@H]1CCc1ccc(Br)cc1. The van der Waals surface area contributed by atoms with Crippen LogP contribution in [0.4, 0.5) is 0 Å². The van der Waals surface area contributed by atoms with Crippen molar-refractivity contribution in [1.82, 2.24) is 0 Å². The minimum absolute atomic E-state index is 0.370. The lowest BCUT2D eigenvalue weighted by molar-refractivity contribution is 0.530. The highest BCUT2D eigenvalue weighted by atomic mass is 79.9. The molecular formula is C13H18BrN. The summed E-state index contributed by atoms with van der Waals surface area (Å²) < 4.78 is 1.15. The molecule has 0 unspecified atom stereocenters. The van der Waals surface area contributed by atoms with Gasteiger partial charge in [0.05, 0.1) is 0 Å². The first-order chi connectivity index (χ1) is 7.01. The van der Waals surface area contributed by atoms with Gasteiger partial charge in [0.2, 0.25) is 0 Å². The first kappa shape index (κ1) is 11.2. The van der Waals surface area contributed by atoms with E-state index in [4.69, 9.17) is 5.73 Å². The van der Waals surface area contributed by atoms with E-state index in [1.807, 2.05) is 0 Å². The molecule has 0 spiro atoms. The van der Waals surface area contributed by atoms with Gasteiger partial charge in [-0.3, -0.25) is 0 Å². The predicted molar refractivity (Wildman–Crippen MR) is 67.7 cm³/mol. The molecule has 1 nitrogen and oxygen atoms in total. The Bertz CT molecular complexity index is 342. The van der Waals surface area contributed by atoms with Crippen LogP contribution in [-0.2, 0) is 6.42 Å². The highest BCUT2D eigenvalue weighted by Gasteiger charge is 2.54. The van der Waals surface area contributed by atoms with Gasteiger partial charge in [-0.1, -0.05) is 41.9 Å². The van der Waals surface area contributed by atoms with Crippen molar-refractivity contribution in [3.8, 4) is 0 Å². The number of rotatable bonds is 3. The highest BCUT2D eigenvalue weighted by molar-refractivity contribution is 9.10. The van der Waals surface area contributed by atoms with Gasteiger partial charge in [0.25, 0.3) is 0 Å². The molecule has 0 aliphatic heterocycles. The van der Waals surface area contributed by atoms with E-state index in [0.29, 0.717) is 17.4 Å². The smallest absolute Gasteiger partial charge is 0.0175 e. The van der Waals surface area contributed by atoms with Gasteiger partial charge in [-0.15, -0.1) is 0 Å². The molecule has 0 radical (unpaired) electrons. The number of hydrogen-bond acceptors (Lipinski definition) is 1. The normalized spacial score (nSPS) is 27.7. The average molecular weight is 268 g/mol. The number of hydrogen-bond donors (Lipinski definition) is 1. The van der Waals surface area contributed by atoms with Crippen LogP contribution in [0.5, 0.6) is 0 Å². The van der Waals surface area contributed by atoms with Crippen LogP contribution >= 0.6 is 15.9 Å². The monoisotopic (exact) mass is 267 g/mol. The molecule has 0 saturated heterocycles. The summed E-state index contributed by atoms with van der Waals surface area (Å²) in [6.07, 6.45) is 2.37. The van der Waals surface area contributed by atoms with Crippen molar-refractivity contribution in [1.29, 1.82) is 0 Å². The fraction of sp³-hybridized carbons (Fsp3) is 0.538. The molecule has 2 N–H and O–H groups in total. The van der Waals surface area contributed by atoms with Gasteiger partial charge < -0.3 is 5.73 Å². The Hall–Kier alpha value is -0.340. The molecule has 0 amide bonds. The molecule has 0 heterocycles. The van der Waals surface area contributed by atoms with Crippen molar-refractivity contribution < 1.29 is 0 Å². The second-order valence-electron chi connectivity index (χ2n) is 5.12. The highest BCUT2D eigenvalue weighted by Crippen LogP contribution is 2.52. The summed E-state index contributed by atoms with van der Waals surface area (Å²) in [5, 5.41) is 0. The number of aryl methyl sites for hydroxylation is 1. The average Bonchev–Trinajstić information content (AvgIpc) is 2.66. The van der Waals surface area contributed by atoms with Crippen molar-refractivity contribution in [2.75, 3.05) is 0 Å². The zero-order valence-corrected chi connectivity index (χ0v) is 10.9. The van der Waals surface area contributed by atoms with Crippen LogP contribution in [0.1, 0.15) is 25.8 Å². The standard InChI is InChI=1S/C13H18BrN/c1-13(2)11(12(13)15)8-5-9-3-6-10(14)7-4-9/h3-4,6-7,11-12H,5,8,15H2,1-2H3/t11-,12-/m1/s1. The summed E-state index contributed by atoms with van der Waals surface area (Å²) in [4.78, 5) is 0. The Balaban J connectivity index is 1.87. The van der Waals surface area contributed by atoms with Gasteiger partial charge in [0.15, 0.2) is 0 Å². The van der Waals surface area contributed by atoms with Gasteiger partial charge in [-0.25, -0.2) is 0 Å². The van der Waals surface area contributed by atoms with Crippen LogP contribution in [0.15, 0.2) is 28.7 Å². The molecule has 1 aliphatic rings. The third-order valence-corrected chi connectivity index (χ3v) is 4.33. The maximum absolute atomic E-state index is 6.03. The Kier molecular flexibility index (Phi) is 2.91. The lowest BCUT2D eigenvalue weighted by Crippen LogP contribution is -2.06. The van der Waals surface area contributed by atoms with Crippen LogP contribution in [0.25, 0.3) is 0 Å². The van der Waals surface area contributed by atoms with Crippen molar-refractivity contribution in [2.45, 2.75) is 32.7 Å². The van der Waals surface area contributed by atoms with Gasteiger partial charge in [-0.05, 0) is 41.9 Å². The topological polar surface area (TPSA) is 26.0 Å². The van der Waals surface area contributed by atoms with Gasteiger partial charge in [0, 0.05) is 10.5 Å². The van der Waals surface area contributed by atoms with E-state index in [9.17, 15) is 0 Å². The lowest BCUT2D eigenvalue weighted by Gasteiger charge is -2.03. The summed E-state index contributed by atoms with van der Waals surface area (Å²) in [5.41, 5.74) is 7.81. The molecule has 1 fully saturated rings. The van der Waals surface area contributed by atoms with Crippen LogP contribution < -0.4 is 5.73 Å². The van der Waals surface area contributed by atoms with Gasteiger partial charge in [-0.2, -0.15) is 0 Å². The number of halogens is 1. The fourth-order valence-corrected chi connectivity index (χ4v) is 2.58. The molecule has 15 heavy (non-hydrogen) atoms. The molecule has 2 atom stereocenters. The molecule has 82 valence electrons. The summed E-state index contributed by atoms with van der Waals surface area (Å²) in [5.74, 6) is 0.709. The fourth-order valence-electron chi connectivity index (χ4n) is 2.31. The zero-order valence-electron chi connectivity index (χ0n) is 9.33. The largest absolute Gasteiger partial charge is 0.327 e. The first-order valence-electron chi connectivity index (χ1n) is 5.52. The third kappa shape index (κ3) is 2.26. The molecule has 1 aromatic carbocycles. The zero-order chi connectivity index (χ0) is 11.1. The van der Waals surface area contributed by atoms with Crippen molar-refractivity contribution in [3.05, 3.63) is 34.3 Å². The van der Waals surface area contributed by atoms with Crippen molar-refractivity contribution in [3.63, 3.8) is 0 Å². The number of benzene rings is 1. The Morgan fingerprint density at radius 3 is 2.27 bits per heavy atom. The second kappa shape index (κ2) is 3.91. The van der Waals surface area contributed by atoms with Crippen LogP contribution in [0.2, 0.25) is 0 Å². The molecule has 0 bridgehead atoms. The van der Waals surface area contributed by atoms with E-state index in [-0.39, 0.29) is 0 Å². The van der Waals surface area contributed by atoms with E-state index in [2.05, 4.69) is 54.0 Å². The van der Waals surface area contributed by atoms with Crippen LogP contribution in [0, 0.1) is 11.3 Å². The summed E-state index contributed by atoms with van der Waals surface area (Å²) in [7, 11) is 0. The lowest BCUT2D eigenvalue weighted by atomic mass is 10.0. The van der Waals surface area contributed by atoms with Gasteiger partial charge in [0.1, 0.15) is 0 Å². The van der Waals surface area contributed by atoms with Crippen molar-refractivity contribution >= 4 is 15.9 Å². The minimum Gasteiger partial charge on any atom is -0.327 e. The molecule has 2 heteroatoms. The molecule has 1 aromatic rings. The Labute approximate surface area is 100 Å². The van der Waals surface area contributed by atoms with E-state index in [0.717, 1.165) is 10.9 Å². The number of nitrogens with two attached hydrogens (primary N) is 1. The Morgan fingerprint density at radius 1 is 1.27 bits per heavy atom. The first-order valence-corrected chi connectivity index (χ1v) is 6.31. The maximum Gasteiger partial charge on any atom is 0.0175 e. The summed E-state index contributed by atoms with van der Waals surface area (Å²) in [6.45, 7) is 4.54. The molecule has 1 aliphatic carbocycles. The Morgan fingerprint density at radius 2 is 1.80 bits per heavy atom. The van der Waals surface area contributed by atoms with Crippen molar-refractivity contribution in [2.24, 2.45) is 17.1 Å². The van der Waals surface area contributed by atoms with E-state index >= 15 is 0 Å². The van der Waals surface area contributed by atoms with Crippen LogP contribution in [-0.4, -0.2) is 6.04 Å². The summed E-state index contributed by atoms with van der Waals surface area (Å²) in [6, 6.07) is 8.99. The molecule has 1 saturated carbocycles. The predicted octanol–water partition coefficient (Wildman–Crippen LogP) is 3.37. The van der Waals surface area contributed by atoms with E-state index in [1.54, 1.807) is 0 Å². The molecular weight excluding hydrogens is 250 g/mol.